The van der Waals surface area contributed by atoms with Gasteiger partial charge in [0.25, 0.3) is 0 Å². The summed E-state index contributed by atoms with van der Waals surface area (Å²) in [5.74, 6) is 0.0773. The standard InChI is InChI=1S/C15H19NO3S/c1-18-13-6-5-12-15(13)19-9-8-16(12)14(17)7-4-11-3-2-10-20-11/h2-4,7,10,12-13,15H,5-6,8-9H2,1H3/b7-4+/t12-,13-,15+/m0/s1. The zero-order chi connectivity index (χ0) is 13.9. The van der Waals surface area contributed by atoms with Gasteiger partial charge in [0.2, 0.25) is 5.91 Å². The van der Waals surface area contributed by atoms with Crippen LogP contribution < -0.4 is 0 Å². The van der Waals surface area contributed by atoms with Crippen molar-refractivity contribution in [2.45, 2.75) is 31.1 Å². The summed E-state index contributed by atoms with van der Waals surface area (Å²) in [6.07, 6.45) is 5.64. The fourth-order valence-corrected chi connectivity index (χ4v) is 3.69. The quantitative estimate of drug-likeness (QED) is 0.802. The number of carbonyl (C=O) groups excluding carboxylic acids is 1. The van der Waals surface area contributed by atoms with E-state index in [1.54, 1.807) is 24.5 Å². The monoisotopic (exact) mass is 293 g/mol. The van der Waals surface area contributed by atoms with E-state index in [9.17, 15) is 4.79 Å². The van der Waals surface area contributed by atoms with E-state index < -0.39 is 0 Å². The number of methoxy groups -OCH3 is 1. The van der Waals surface area contributed by atoms with Crippen LogP contribution in [0, 0.1) is 0 Å². The highest BCUT2D eigenvalue weighted by Crippen LogP contribution is 2.32. The average molecular weight is 293 g/mol. The maximum Gasteiger partial charge on any atom is 0.247 e. The Morgan fingerprint density at radius 2 is 2.45 bits per heavy atom. The van der Waals surface area contributed by atoms with Crippen LogP contribution in [-0.2, 0) is 14.3 Å². The summed E-state index contributed by atoms with van der Waals surface area (Å²) in [7, 11) is 1.72. The second-order valence-corrected chi connectivity index (χ2v) is 6.11. The lowest BCUT2D eigenvalue weighted by molar-refractivity contribution is -0.145. The van der Waals surface area contributed by atoms with Gasteiger partial charge in [0.15, 0.2) is 0 Å². The van der Waals surface area contributed by atoms with E-state index >= 15 is 0 Å². The van der Waals surface area contributed by atoms with Crippen molar-refractivity contribution in [1.29, 1.82) is 0 Å². The second-order valence-electron chi connectivity index (χ2n) is 5.13. The molecule has 1 saturated carbocycles. The fraction of sp³-hybridized carbons (Fsp3) is 0.533. The molecule has 2 aliphatic rings. The van der Waals surface area contributed by atoms with Crippen molar-refractivity contribution in [2.24, 2.45) is 0 Å². The Balaban J connectivity index is 1.68. The third-order valence-corrected chi connectivity index (χ3v) is 4.89. The number of ether oxygens (including phenoxy) is 2. The molecule has 2 fully saturated rings. The highest BCUT2D eigenvalue weighted by Gasteiger charge is 2.44. The number of morpholine rings is 1. The van der Waals surface area contributed by atoms with Crippen molar-refractivity contribution in [3.05, 3.63) is 28.5 Å². The van der Waals surface area contributed by atoms with E-state index in [1.807, 2.05) is 28.5 Å². The third kappa shape index (κ3) is 2.66. The molecule has 0 spiro atoms. The second kappa shape index (κ2) is 6.08. The molecule has 1 aromatic rings. The summed E-state index contributed by atoms with van der Waals surface area (Å²) in [6, 6.07) is 4.15. The molecule has 4 nitrogen and oxygen atoms in total. The van der Waals surface area contributed by atoms with Gasteiger partial charge in [0, 0.05) is 24.6 Å². The van der Waals surface area contributed by atoms with E-state index in [2.05, 4.69) is 0 Å². The molecule has 1 aliphatic carbocycles. The molecule has 1 aliphatic heterocycles. The Morgan fingerprint density at radius 3 is 3.20 bits per heavy atom. The number of nitrogens with zero attached hydrogens (tertiary/aromatic N) is 1. The number of amides is 1. The molecule has 0 radical (unpaired) electrons. The smallest absolute Gasteiger partial charge is 0.247 e. The topological polar surface area (TPSA) is 38.8 Å². The van der Waals surface area contributed by atoms with Crippen LogP contribution in [-0.4, -0.2) is 49.3 Å². The summed E-state index contributed by atoms with van der Waals surface area (Å²) in [5.41, 5.74) is 0. The molecule has 2 heterocycles. The van der Waals surface area contributed by atoms with Crippen LogP contribution >= 0.6 is 11.3 Å². The molecule has 1 amide bonds. The Labute approximate surface area is 123 Å². The van der Waals surface area contributed by atoms with Crippen LogP contribution in [0.25, 0.3) is 6.08 Å². The minimum absolute atomic E-state index is 0.0350. The van der Waals surface area contributed by atoms with Gasteiger partial charge in [-0.05, 0) is 30.4 Å². The van der Waals surface area contributed by atoms with Crippen molar-refractivity contribution >= 4 is 23.3 Å². The van der Waals surface area contributed by atoms with Gasteiger partial charge in [-0.25, -0.2) is 0 Å². The van der Waals surface area contributed by atoms with Crippen molar-refractivity contribution in [3.8, 4) is 0 Å². The lowest BCUT2D eigenvalue weighted by atomic mass is 10.1. The Kier molecular flexibility index (Phi) is 4.19. The molecule has 1 saturated heterocycles. The fourth-order valence-electron chi connectivity index (χ4n) is 3.08. The van der Waals surface area contributed by atoms with Crippen molar-refractivity contribution < 1.29 is 14.3 Å². The first-order valence-electron chi connectivity index (χ1n) is 6.96. The number of hydrogen-bond donors (Lipinski definition) is 0. The lowest BCUT2D eigenvalue weighted by Crippen LogP contribution is -2.53. The van der Waals surface area contributed by atoms with E-state index in [-0.39, 0.29) is 24.2 Å². The van der Waals surface area contributed by atoms with Gasteiger partial charge in [0.05, 0.1) is 18.8 Å². The molecule has 20 heavy (non-hydrogen) atoms. The van der Waals surface area contributed by atoms with E-state index in [4.69, 9.17) is 9.47 Å². The van der Waals surface area contributed by atoms with Crippen LogP contribution in [0.4, 0.5) is 0 Å². The Bertz CT molecular complexity index is 485. The van der Waals surface area contributed by atoms with Crippen LogP contribution in [0.2, 0.25) is 0 Å². The molecule has 108 valence electrons. The molecule has 3 rings (SSSR count). The largest absolute Gasteiger partial charge is 0.379 e. The zero-order valence-corrected chi connectivity index (χ0v) is 12.3. The molecule has 1 aromatic heterocycles. The first kappa shape index (κ1) is 13.8. The van der Waals surface area contributed by atoms with Gasteiger partial charge in [-0.2, -0.15) is 0 Å². The van der Waals surface area contributed by atoms with Gasteiger partial charge in [-0.1, -0.05) is 6.07 Å². The van der Waals surface area contributed by atoms with Gasteiger partial charge >= 0.3 is 0 Å². The van der Waals surface area contributed by atoms with E-state index in [0.29, 0.717) is 13.2 Å². The summed E-state index contributed by atoms with van der Waals surface area (Å²) < 4.78 is 11.2. The molecule has 0 aromatic carbocycles. The summed E-state index contributed by atoms with van der Waals surface area (Å²) in [6.45, 7) is 1.27. The molecule has 3 atom stereocenters. The van der Waals surface area contributed by atoms with Gasteiger partial charge in [0.1, 0.15) is 6.10 Å². The van der Waals surface area contributed by atoms with Gasteiger partial charge < -0.3 is 14.4 Å². The van der Waals surface area contributed by atoms with Crippen molar-refractivity contribution in [2.75, 3.05) is 20.3 Å². The first-order valence-corrected chi connectivity index (χ1v) is 7.84. The van der Waals surface area contributed by atoms with Crippen LogP contribution in [0.1, 0.15) is 17.7 Å². The summed E-state index contributed by atoms with van der Waals surface area (Å²) in [5, 5.41) is 2.01. The predicted molar refractivity (Wildman–Crippen MR) is 78.6 cm³/mol. The maximum absolute atomic E-state index is 12.4. The highest BCUT2D eigenvalue weighted by molar-refractivity contribution is 7.10. The van der Waals surface area contributed by atoms with Gasteiger partial charge in [-0.3, -0.25) is 4.79 Å². The minimum atomic E-state index is 0.0350. The number of fused-ring (bicyclic) bond motifs is 1. The predicted octanol–water partition coefficient (Wildman–Crippen LogP) is 2.17. The molecule has 0 N–H and O–H groups in total. The number of hydrogen-bond acceptors (Lipinski definition) is 4. The lowest BCUT2D eigenvalue weighted by Gasteiger charge is -2.38. The number of rotatable bonds is 3. The molecule has 5 heteroatoms. The zero-order valence-electron chi connectivity index (χ0n) is 11.5. The molecule has 0 bridgehead atoms. The van der Waals surface area contributed by atoms with Gasteiger partial charge in [-0.15, -0.1) is 11.3 Å². The number of carbonyl (C=O) groups is 1. The Morgan fingerprint density at radius 1 is 1.55 bits per heavy atom. The van der Waals surface area contributed by atoms with E-state index in [1.165, 1.54) is 0 Å². The molecular formula is C15H19NO3S. The maximum atomic E-state index is 12.4. The number of thiophene rings is 1. The van der Waals surface area contributed by atoms with Crippen molar-refractivity contribution in [1.82, 2.24) is 4.90 Å². The van der Waals surface area contributed by atoms with Crippen LogP contribution in [0.5, 0.6) is 0 Å². The summed E-state index contributed by atoms with van der Waals surface area (Å²) >= 11 is 1.63. The Hall–Kier alpha value is -1.17. The van der Waals surface area contributed by atoms with Crippen LogP contribution in [0.3, 0.4) is 0 Å². The molecule has 0 unspecified atom stereocenters. The SMILES string of the molecule is CO[C@H]1CC[C@H]2[C@H]1OCCN2C(=O)/C=C/c1cccs1. The highest BCUT2D eigenvalue weighted by atomic mass is 32.1. The van der Waals surface area contributed by atoms with Crippen LogP contribution in [0.15, 0.2) is 23.6 Å². The average Bonchev–Trinajstić information content (AvgIpc) is 3.13. The minimum Gasteiger partial charge on any atom is -0.379 e. The summed E-state index contributed by atoms with van der Waals surface area (Å²) in [4.78, 5) is 15.4. The first-order chi connectivity index (χ1) is 9.79. The van der Waals surface area contributed by atoms with Crippen molar-refractivity contribution in [3.63, 3.8) is 0 Å². The third-order valence-electron chi connectivity index (χ3n) is 4.05. The molecular weight excluding hydrogens is 274 g/mol. The normalized spacial score (nSPS) is 29.9. The van der Waals surface area contributed by atoms with E-state index in [0.717, 1.165) is 17.7 Å².